The fraction of sp³-hybridized carbons (Fsp3) is 0.750. The number of nitrogens with one attached hydrogen (secondary N) is 1. The fourth-order valence-electron chi connectivity index (χ4n) is 1.15. The SMILES string of the molecule is CC1=CCC(C(C)C)N1. The third kappa shape index (κ3) is 1.47. The number of rotatable bonds is 1. The zero-order chi connectivity index (χ0) is 6.85. The van der Waals surface area contributed by atoms with Gasteiger partial charge < -0.3 is 5.32 Å². The molecule has 9 heavy (non-hydrogen) atoms. The number of hydrogen-bond acceptors (Lipinski definition) is 1. The van der Waals surface area contributed by atoms with Crippen LogP contribution in [0.25, 0.3) is 0 Å². The molecule has 0 bridgehead atoms. The Morgan fingerprint density at radius 1 is 1.67 bits per heavy atom. The minimum Gasteiger partial charge on any atom is -0.386 e. The zero-order valence-electron chi connectivity index (χ0n) is 6.44. The van der Waals surface area contributed by atoms with Gasteiger partial charge in [-0.1, -0.05) is 19.9 Å². The summed E-state index contributed by atoms with van der Waals surface area (Å²) in [6.07, 6.45) is 3.48. The van der Waals surface area contributed by atoms with Crippen LogP contribution in [0.1, 0.15) is 27.2 Å². The highest BCUT2D eigenvalue weighted by Crippen LogP contribution is 2.14. The Balaban J connectivity index is 2.37. The topological polar surface area (TPSA) is 12.0 Å². The summed E-state index contributed by atoms with van der Waals surface area (Å²) in [6, 6.07) is 0.699. The van der Waals surface area contributed by atoms with E-state index in [-0.39, 0.29) is 0 Å². The van der Waals surface area contributed by atoms with Gasteiger partial charge in [-0.3, -0.25) is 0 Å². The Morgan fingerprint density at radius 3 is 2.56 bits per heavy atom. The van der Waals surface area contributed by atoms with Gasteiger partial charge in [0.1, 0.15) is 0 Å². The Bertz CT molecular complexity index is 125. The average Bonchev–Trinajstić information content (AvgIpc) is 2.14. The van der Waals surface area contributed by atoms with Crippen molar-refractivity contribution in [1.82, 2.24) is 5.32 Å². The van der Waals surface area contributed by atoms with Crippen LogP contribution in [-0.2, 0) is 0 Å². The monoisotopic (exact) mass is 125 g/mol. The molecule has 1 rings (SSSR count). The van der Waals surface area contributed by atoms with Crippen molar-refractivity contribution in [2.45, 2.75) is 33.2 Å². The molecule has 1 nitrogen and oxygen atoms in total. The Hall–Kier alpha value is -0.460. The van der Waals surface area contributed by atoms with Crippen LogP contribution in [0.3, 0.4) is 0 Å². The predicted molar refractivity (Wildman–Crippen MR) is 40.1 cm³/mol. The van der Waals surface area contributed by atoms with E-state index < -0.39 is 0 Å². The van der Waals surface area contributed by atoms with Crippen molar-refractivity contribution < 1.29 is 0 Å². The van der Waals surface area contributed by atoms with E-state index >= 15 is 0 Å². The summed E-state index contributed by atoms with van der Waals surface area (Å²) in [5.74, 6) is 0.763. The Kier molecular flexibility index (Phi) is 1.79. The first kappa shape index (κ1) is 6.66. The Morgan fingerprint density at radius 2 is 2.33 bits per heavy atom. The van der Waals surface area contributed by atoms with E-state index in [9.17, 15) is 0 Å². The highest BCUT2D eigenvalue weighted by Gasteiger charge is 2.15. The van der Waals surface area contributed by atoms with E-state index in [1.165, 1.54) is 12.1 Å². The molecule has 0 radical (unpaired) electrons. The summed E-state index contributed by atoms with van der Waals surface area (Å²) < 4.78 is 0. The van der Waals surface area contributed by atoms with Crippen LogP contribution >= 0.6 is 0 Å². The Labute approximate surface area is 57.1 Å². The van der Waals surface area contributed by atoms with Crippen molar-refractivity contribution >= 4 is 0 Å². The van der Waals surface area contributed by atoms with Crippen LogP contribution in [0.15, 0.2) is 11.8 Å². The number of hydrogen-bond donors (Lipinski definition) is 1. The molecule has 1 aliphatic heterocycles. The molecule has 0 fully saturated rings. The molecule has 1 atom stereocenters. The molecular weight excluding hydrogens is 110 g/mol. The molecule has 0 aromatic carbocycles. The highest BCUT2D eigenvalue weighted by molar-refractivity contribution is 5.06. The van der Waals surface area contributed by atoms with Gasteiger partial charge in [0.2, 0.25) is 0 Å². The lowest BCUT2D eigenvalue weighted by atomic mass is 10.0. The van der Waals surface area contributed by atoms with Gasteiger partial charge >= 0.3 is 0 Å². The van der Waals surface area contributed by atoms with Gasteiger partial charge in [0.05, 0.1) is 0 Å². The molecular formula is C8H15N. The van der Waals surface area contributed by atoms with E-state index in [1.807, 2.05) is 0 Å². The largest absolute Gasteiger partial charge is 0.386 e. The number of allylic oxidation sites excluding steroid dienone is 1. The lowest BCUT2D eigenvalue weighted by Crippen LogP contribution is -2.26. The first-order chi connectivity index (χ1) is 4.20. The molecule has 52 valence electrons. The predicted octanol–water partition coefficient (Wildman–Crippen LogP) is 1.91. The third-order valence-electron chi connectivity index (χ3n) is 1.90. The summed E-state index contributed by atoms with van der Waals surface area (Å²) >= 11 is 0. The molecule has 1 heteroatoms. The highest BCUT2D eigenvalue weighted by atomic mass is 14.9. The summed E-state index contributed by atoms with van der Waals surface area (Å²) in [5.41, 5.74) is 1.34. The molecule has 0 saturated heterocycles. The summed E-state index contributed by atoms with van der Waals surface area (Å²) in [4.78, 5) is 0. The molecule has 0 aromatic heterocycles. The van der Waals surface area contributed by atoms with E-state index in [0.29, 0.717) is 6.04 Å². The smallest absolute Gasteiger partial charge is 0.0316 e. The standard InChI is InChI=1S/C8H15N/c1-6(2)8-5-4-7(3)9-8/h4,6,8-9H,5H2,1-3H3. The van der Waals surface area contributed by atoms with Crippen molar-refractivity contribution in [3.8, 4) is 0 Å². The second-order valence-corrected chi connectivity index (χ2v) is 3.12. The average molecular weight is 125 g/mol. The maximum absolute atomic E-state index is 3.41. The molecule has 1 heterocycles. The molecule has 0 aromatic rings. The lowest BCUT2D eigenvalue weighted by molar-refractivity contribution is 0.457. The maximum Gasteiger partial charge on any atom is 0.0316 e. The van der Waals surface area contributed by atoms with E-state index in [2.05, 4.69) is 32.2 Å². The van der Waals surface area contributed by atoms with Gasteiger partial charge in [-0.05, 0) is 19.3 Å². The molecule has 1 unspecified atom stereocenters. The zero-order valence-corrected chi connectivity index (χ0v) is 6.44. The molecule has 0 amide bonds. The second kappa shape index (κ2) is 2.42. The first-order valence-electron chi connectivity index (χ1n) is 3.63. The van der Waals surface area contributed by atoms with Crippen LogP contribution in [0, 0.1) is 5.92 Å². The maximum atomic E-state index is 3.41. The molecule has 0 spiro atoms. The van der Waals surface area contributed by atoms with Crippen LogP contribution in [0.4, 0.5) is 0 Å². The summed E-state index contributed by atoms with van der Waals surface area (Å²) in [6.45, 7) is 6.64. The fourth-order valence-corrected chi connectivity index (χ4v) is 1.15. The van der Waals surface area contributed by atoms with Crippen LogP contribution in [0.2, 0.25) is 0 Å². The molecule has 0 aliphatic carbocycles. The second-order valence-electron chi connectivity index (χ2n) is 3.12. The normalized spacial score (nSPS) is 26.2. The molecule has 1 aliphatic rings. The van der Waals surface area contributed by atoms with Crippen LogP contribution < -0.4 is 5.32 Å². The van der Waals surface area contributed by atoms with Gasteiger partial charge in [0, 0.05) is 11.7 Å². The van der Waals surface area contributed by atoms with Crippen molar-refractivity contribution in [2.75, 3.05) is 0 Å². The van der Waals surface area contributed by atoms with Crippen molar-refractivity contribution in [3.63, 3.8) is 0 Å². The van der Waals surface area contributed by atoms with E-state index in [4.69, 9.17) is 0 Å². The van der Waals surface area contributed by atoms with Crippen molar-refractivity contribution in [3.05, 3.63) is 11.8 Å². The molecule has 1 N–H and O–H groups in total. The first-order valence-corrected chi connectivity index (χ1v) is 3.63. The van der Waals surface area contributed by atoms with Gasteiger partial charge in [-0.2, -0.15) is 0 Å². The van der Waals surface area contributed by atoms with Crippen LogP contribution in [0.5, 0.6) is 0 Å². The third-order valence-corrected chi connectivity index (χ3v) is 1.90. The van der Waals surface area contributed by atoms with Gasteiger partial charge in [-0.15, -0.1) is 0 Å². The summed E-state index contributed by atoms with van der Waals surface area (Å²) in [5, 5.41) is 3.41. The lowest BCUT2D eigenvalue weighted by Gasteiger charge is -2.15. The minimum absolute atomic E-state index is 0.699. The quantitative estimate of drug-likeness (QED) is 0.564. The molecule has 0 saturated carbocycles. The van der Waals surface area contributed by atoms with Crippen molar-refractivity contribution in [2.24, 2.45) is 5.92 Å². The van der Waals surface area contributed by atoms with Gasteiger partial charge in [0.15, 0.2) is 0 Å². The van der Waals surface area contributed by atoms with Gasteiger partial charge in [-0.25, -0.2) is 0 Å². The van der Waals surface area contributed by atoms with Crippen molar-refractivity contribution in [1.29, 1.82) is 0 Å². The van der Waals surface area contributed by atoms with E-state index in [1.54, 1.807) is 0 Å². The van der Waals surface area contributed by atoms with Gasteiger partial charge in [0.25, 0.3) is 0 Å². The van der Waals surface area contributed by atoms with E-state index in [0.717, 1.165) is 5.92 Å². The summed E-state index contributed by atoms with van der Waals surface area (Å²) in [7, 11) is 0. The van der Waals surface area contributed by atoms with Crippen LogP contribution in [-0.4, -0.2) is 6.04 Å². The minimum atomic E-state index is 0.699.